The highest BCUT2D eigenvalue weighted by Crippen LogP contribution is 2.16. The maximum absolute atomic E-state index is 12.0. The molecule has 0 saturated heterocycles. The molecule has 0 aliphatic carbocycles. The van der Waals surface area contributed by atoms with Crippen LogP contribution in [0.5, 0.6) is 5.75 Å². The topological polar surface area (TPSA) is 67.4 Å². The summed E-state index contributed by atoms with van der Waals surface area (Å²) in [6.07, 6.45) is 4.67. The Morgan fingerprint density at radius 2 is 2.09 bits per heavy atom. The van der Waals surface area contributed by atoms with Gasteiger partial charge in [0.2, 0.25) is 0 Å². The van der Waals surface area contributed by atoms with Gasteiger partial charge in [0.15, 0.2) is 0 Å². The zero-order valence-electron chi connectivity index (χ0n) is 13.1. The molecule has 0 bridgehead atoms. The van der Waals surface area contributed by atoms with E-state index >= 15 is 0 Å². The third kappa shape index (κ3) is 5.75. The van der Waals surface area contributed by atoms with Crippen LogP contribution < -0.4 is 10.1 Å². The summed E-state index contributed by atoms with van der Waals surface area (Å²) >= 11 is 5.82. The molecule has 0 radical (unpaired) electrons. The fraction of sp³-hybridized carbons (Fsp3) is 0.312. The van der Waals surface area contributed by atoms with Crippen LogP contribution in [0.15, 0.2) is 42.9 Å². The Bertz CT molecular complexity index is 622. The van der Waals surface area contributed by atoms with Gasteiger partial charge in [0, 0.05) is 24.5 Å². The Kier molecular flexibility index (Phi) is 6.17. The lowest BCUT2D eigenvalue weighted by molar-refractivity contribution is 0.188. The molecule has 1 atom stereocenters. The van der Waals surface area contributed by atoms with Crippen molar-refractivity contribution in [1.82, 2.24) is 20.2 Å². The predicted molar refractivity (Wildman–Crippen MR) is 88.4 cm³/mol. The number of nitrogens with one attached hydrogen (secondary N) is 1. The van der Waals surface area contributed by atoms with Gasteiger partial charge in [-0.3, -0.25) is 9.97 Å². The first-order valence-corrected chi connectivity index (χ1v) is 7.58. The van der Waals surface area contributed by atoms with Crippen molar-refractivity contribution in [3.8, 4) is 5.75 Å². The molecule has 1 aromatic heterocycles. The number of urea groups is 1. The van der Waals surface area contributed by atoms with Crippen LogP contribution in [0, 0.1) is 0 Å². The molecule has 0 aliphatic rings. The van der Waals surface area contributed by atoms with Gasteiger partial charge in [0.25, 0.3) is 0 Å². The highest BCUT2D eigenvalue weighted by atomic mass is 35.5. The molecule has 0 aliphatic heterocycles. The summed E-state index contributed by atoms with van der Waals surface area (Å²) in [5.74, 6) is 0.712. The molecule has 0 spiro atoms. The summed E-state index contributed by atoms with van der Waals surface area (Å²) in [5.41, 5.74) is 0.732. The average Bonchev–Trinajstić information content (AvgIpc) is 2.55. The smallest absolute Gasteiger partial charge is 0.317 e. The summed E-state index contributed by atoms with van der Waals surface area (Å²) < 4.78 is 5.70. The first-order chi connectivity index (χ1) is 11.0. The Morgan fingerprint density at radius 1 is 1.35 bits per heavy atom. The molecule has 0 saturated carbocycles. The van der Waals surface area contributed by atoms with Gasteiger partial charge in [-0.15, -0.1) is 0 Å². The minimum atomic E-state index is -0.192. The molecular weight excluding hydrogens is 316 g/mol. The van der Waals surface area contributed by atoms with E-state index in [2.05, 4.69) is 15.3 Å². The monoisotopic (exact) mass is 334 g/mol. The van der Waals surface area contributed by atoms with Gasteiger partial charge >= 0.3 is 6.03 Å². The van der Waals surface area contributed by atoms with E-state index in [9.17, 15) is 4.79 Å². The molecule has 2 amide bonds. The summed E-state index contributed by atoms with van der Waals surface area (Å²) in [4.78, 5) is 21.7. The van der Waals surface area contributed by atoms with Crippen LogP contribution in [-0.4, -0.2) is 40.6 Å². The van der Waals surface area contributed by atoms with Crippen LogP contribution in [-0.2, 0) is 6.54 Å². The third-order valence-corrected chi connectivity index (χ3v) is 3.31. The summed E-state index contributed by atoms with van der Waals surface area (Å²) in [6, 6.07) is 6.91. The molecule has 1 N–H and O–H groups in total. The summed E-state index contributed by atoms with van der Waals surface area (Å²) in [6.45, 7) is 2.68. The van der Waals surface area contributed by atoms with Crippen LogP contribution in [0.1, 0.15) is 12.6 Å². The van der Waals surface area contributed by atoms with E-state index < -0.39 is 0 Å². The second kappa shape index (κ2) is 8.33. The third-order valence-electron chi connectivity index (χ3n) is 3.05. The van der Waals surface area contributed by atoms with Gasteiger partial charge in [-0.05, 0) is 31.2 Å². The van der Waals surface area contributed by atoms with Crippen molar-refractivity contribution in [2.24, 2.45) is 0 Å². The number of ether oxygens (including phenoxy) is 1. The molecule has 7 heteroatoms. The fourth-order valence-corrected chi connectivity index (χ4v) is 2.01. The van der Waals surface area contributed by atoms with Crippen LogP contribution >= 0.6 is 11.6 Å². The van der Waals surface area contributed by atoms with Crippen LogP contribution in [0.3, 0.4) is 0 Å². The summed E-state index contributed by atoms with van der Waals surface area (Å²) in [5, 5.41) is 3.48. The predicted octanol–water partition coefficient (Wildman–Crippen LogP) is 2.74. The number of hydrogen-bond acceptors (Lipinski definition) is 4. The number of carbonyl (C=O) groups excluding carboxylic acids is 1. The zero-order valence-corrected chi connectivity index (χ0v) is 13.8. The van der Waals surface area contributed by atoms with E-state index in [4.69, 9.17) is 16.3 Å². The molecule has 0 fully saturated rings. The molecule has 0 unspecified atom stereocenters. The Morgan fingerprint density at radius 3 is 2.74 bits per heavy atom. The van der Waals surface area contributed by atoms with Gasteiger partial charge in [-0.2, -0.15) is 0 Å². The number of amides is 2. The largest absolute Gasteiger partial charge is 0.489 e. The van der Waals surface area contributed by atoms with Crippen molar-refractivity contribution in [3.05, 3.63) is 53.6 Å². The Balaban J connectivity index is 1.75. The lowest BCUT2D eigenvalue weighted by atomic mass is 10.3. The second-order valence-corrected chi connectivity index (χ2v) is 5.56. The lowest BCUT2D eigenvalue weighted by Gasteiger charge is -2.20. The van der Waals surface area contributed by atoms with Crippen LogP contribution in [0.2, 0.25) is 5.02 Å². The van der Waals surface area contributed by atoms with Crippen LogP contribution in [0.4, 0.5) is 4.79 Å². The molecular formula is C16H19ClN4O2. The van der Waals surface area contributed by atoms with E-state index in [1.54, 1.807) is 54.8 Å². The number of benzene rings is 1. The van der Waals surface area contributed by atoms with Crippen molar-refractivity contribution in [3.63, 3.8) is 0 Å². The Labute approximate surface area is 140 Å². The average molecular weight is 335 g/mol. The van der Waals surface area contributed by atoms with Crippen LogP contribution in [0.25, 0.3) is 0 Å². The number of halogens is 1. The van der Waals surface area contributed by atoms with Crippen molar-refractivity contribution in [2.75, 3.05) is 13.6 Å². The van der Waals surface area contributed by atoms with Crippen molar-refractivity contribution in [2.45, 2.75) is 19.6 Å². The van der Waals surface area contributed by atoms with Crippen molar-refractivity contribution >= 4 is 17.6 Å². The normalized spacial score (nSPS) is 11.6. The highest BCUT2D eigenvalue weighted by molar-refractivity contribution is 6.30. The van der Waals surface area contributed by atoms with E-state index in [-0.39, 0.29) is 12.1 Å². The van der Waals surface area contributed by atoms with Gasteiger partial charge in [-0.25, -0.2) is 4.79 Å². The molecule has 2 aromatic rings. The number of rotatable bonds is 6. The van der Waals surface area contributed by atoms with E-state index in [0.29, 0.717) is 23.9 Å². The molecule has 6 nitrogen and oxygen atoms in total. The molecule has 2 rings (SSSR count). The second-order valence-electron chi connectivity index (χ2n) is 5.12. The maximum atomic E-state index is 12.0. The molecule has 122 valence electrons. The number of hydrogen-bond donors (Lipinski definition) is 1. The maximum Gasteiger partial charge on any atom is 0.317 e. The SMILES string of the molecule is C[C@@H](CNC(=O)N(C)Cc1cnccn1)Oc1ccc(Cl)cc1. The van der Waals surface area contributed by atoms with Gasteiger partial charge in [-0.1, -0.05) is 11.6 Å². The van der Waals surface area contributed by atoms with Gasteiger partial charge < -0.3 is 15.0 Å². The van der Waals surface area contributed by atoms with Crippen molar-refractivity contribution in [1.29, 1.82) is 0 Å². The van der Waals surface area contributed by atoms with Gasteiger partial charge in [0.1, 0.15) is 11.9 Å². The minimum absolute atomic E-state index is 0.162. The first-order valence-electron chi connectivity index (χ1n) is 7.20. The standard InChI is InChI=1S/C16H19ClN4O2/c1-12(23-15-5-3-13(17)4-6-15)9-20-16(22)21(2)11-14-10-18-7-8-19-14/h3-8,10,12H,9,11H2,1-2H3,(H,20,22)/t12-/m0/s1. The highest BCUT2D eigenvalue weighted by Gasteiger charge is 2.12. The van der Waals surface area contributed by atoms with Crippen molar-refractivity contribution < 1.29 is 9.53 Å². The molecule has 23 heavy (non-hydrogen) atoms. The number of aromatic nitrogens is 2. The fourth-order valence-electron chi connectivity index (χ4n) is 1.88. The minimum Gasteiger partial charge on any atom is -0.489 e. The lowest BCUT2D eigenvalue weighted by Crippen LogP contribution is -2.41. The van der Waals surface area contributed by atoms with E-state index in [1.807, 2.05) is 6.92 Å². The summed E-state index contributed by atoms with van der Waals surface area (Å²) in [7, 11) is 1.70. The van der Waals surface area contributed by atoms with E-state index in [0.717, 1.165) is 5.69 Å². The number of carbonyl (C=O) groups is 1. The Hall–Kier alpha value is -2.34. The number of nitrogens with zero attached hydrogens (tertiary/aromatic N) is 3. The molecule has 1 heterocycles. The quantitative estimate of drug-likeness (QED) is 0.882. The van der Waals surface area contributed by atoms with E-state index in [1.165, 1.54) is 0 Å². The molecule has 1 aromatic carbocycles. The zero-order chi connectivity index (χ0) is 16.7. The first kappa shape index (κ1) is 17.0. The van der Waals surface area contributed by atoms with Gasteiger partial charge in [0.05, 0.1) is 25.0 Å².